The number of aromatic nitrogens is 2. The number of aromatic amines is 1. The van der Waals surface area contributed by atoms with Crippen LogP contribution in [0.4, 0.5) is 10.5 Å². The van der Waals surface area contributed by atoms with E-state index < -0.39 is 0 Å². The molecule has 2 aliphatic rings. The number of imide groups is 1. The molecule has 8 nitrogen and oxygen atoms in total. The molecule has 4 amide bonds. The number of para-hydroxylation sites is 1. The van der Waals surface area contributed by atoms with Crippen molar-refractivity contribution < 1.29 is 14.4 Å². The van der Waals surface area contributed by atoms with Gasteiger partial charge < -0.3 is 9.80 Å². The Kier molecular flexibility index (Phi) is 5.18. The summed E-state index contributed by atoms with van der Waals surface area (Å²) in [4.78, 5) is 43.0. The lowest BCUT2D eigenvalue weighted by atomic mass is 10.0. The zero-order chi connectivity index (χ0) is 22.1. The molecule has 0 spiro atoms. The molecule has 3 aromatic rings. The molecule has 32 heavy (non-hydrogen) atoms. The number of benzene rings is 2. The summed E-state index contributed by atoms with van der Waals surface area (Å²) >= 11 is 0. The molecule has 2 aromatic carbocycles. The molecule has 162 valence electrons. The van der Waals surface area contributed by atoms with Gasteiger partial charge in [-0.05, 0) is 31.0 Å². The summed E-state index contributed by atoms with van der Waals surface area (Å²) in [5.74, 6) is -0.321. The quantitative estimate of drug-likeness (QED) is 0.645. The molecule has 3 heterocycles. The highest BCUT2D eigenvalue weighted by Crippen LogP contribution is 2.27. The minimum absolute atomic E-state index is 0.0640. The second-order valence-corrected chi connectivity index (χ2v) is 8.03. The maximum atomic E-state index is 12.9. The highest BCUT2D eigenvalue weighted by Gasteiger charge is 2.41. The smallest absolute Gasteiger partial charge is 0.332 e. The van der Waals surface area contributed by atoms with Crippen LogP contribution in [0.3, 0.4) is 0 Å². The van der Waals surface area contributed by atoms with E-state index in [9.17, 15) is 14.4 Å². The topological polar surface area (TPSA) is 89.6 Å². The van der Waals surface area contributed by atoms with Crippen molar-refractivity contribution in [1.29, 1.82) is 0 Å². The first kappa shape index (κ1) is 20.0. The van der Waals surface area contributed by atoms with Crippen LogP contribution >= 0.6 is 0 Å². The predicted octanol–water partition coefficient (Wildman–Crippen LogP) is 3.15. The Morgan fingerprint density at radius 1 is 0.938 bits per heavy atom. The average molecular weight is 429 g/mol. The van der Waals surface area contributed by atoms with Crippen molar-refractivity contribution in [3.8, 4) is 11.3 Å². The second-order valence-electron chi connectivity index (χ2n) is 8.03. The third kappa shape index (κ3) is 3.64. The van der Waals surface area contributed by atoms with Crippen LogP contribution in [0.25, 0.3) is 11.3 Å². The minimum Gasteiger partial charge on any atom is -0.337 e. The van der Waals surface area contributed by atoms with Gasteiger partial charge in [0.05, 0.1) is 11.4 Å². The van der Waals surface area contributed by atoms with Crippen molar-refractivity contribution in [2.75, 3.05) is 24.5 Å². The Balaban J connectivity index is 1.22. The number of anilines is 1. The lowest BCUT2D eigenvalue weighted by Gasteiger charge is -2.35. The number of nitrogens with zero attached hydrogens (tertiary/aromatic N) is 4. The number of piperidine rings is 1. The third-order valence-corrected chi connectivity index (χ3v) is 6.08. The van der Waals surface area contributed by atoms with E-state index >= 15 is 0 Å². The van der Waals surface area contributed by atoms with Crippen molar-refractivity contribution in [2.45, 2.75) is 18.9 Å². The Labute approximate surface area is 185 Å². The van der Waals surface area contributed by atoms with E-state index in [0.717, 1.165) is 11.3 Å². The molecule has 1 aromatic heterocycles. The van der Waals surface area contributed by atoms with E-state index in [4.69, 9.17) is 0 Å². The number of urea groups is 1. The largest absolute Gasteiger partial charge is 0.337 e. The van der Waals surface area contributed by atoms with Crippen molar-refractivity contribution in [2.24, 2.45) is 0 Å². The van der Waals surface area contributed by atoms with E-state index in [-0.39, 0.29) is 30.4 Å². The van der Waals surface area contributed by atoms with Crippen molar-refractivity contribution in [3.63, 3.8) is 0 Å². The van der Waals surface area contributed by atoms with E-state index in [1.165, 1.54) is 4.90 Å². The van der Waals surface area contributed by atoms with Gasteiger partial charge in [-0.25, -0.2) is 9.69 Å². The lowest BCUT2D eigenvalue weighted by molar-refractivity contribution is -0.116. The van der Waals surface area contributed by atoms with Gasteiger partial charge in [0.1, 0.15) is 12.2 Å². The zero-order valence-electron chi connectivity index (χ0n) is 17.5. The number of amides is 4. The fourth-order valence-electron chi connectivity index (χ4n) is 4.38. The van der Waals surface area contributed by atoms with Crippen LogP contribution < -0.4 is 4.90 Å². The highest BCUT2D eigenvalue weighted by atomic mass is 16.2. The van der Waals surface area contributed by atoms with Gasteiger partial charge in [-0.1, -0.05) is 48.5 Å². The van der Waals surface area contributed by atoms with Crippen LogP contribution in [0.15, 0.2) is 66.7 Å². The lowest BCUT2D eigenvalue weighted by Crippen LogP contribution is -2.48. The maximum Gasteiger partial charge on any atom is 0.332 e. The maximum absolute atomic E-state index is 12.9. The number of hydrogen-bond acceptors (Lipinski definition) is 4. The molecule has 2 fully saturated rings. The van der Waals surface area contributed by atoms with E-state index in [2.05, 4.69) is 10.2 Å². The molecule has 0 saturated carbocycles. The molecule has 0 aliphatic carbocycles. The van der Waals surface area contributed by atoms with E-state index in [1.807, 2.05) is 36.4 Å². The van der Waals surface area contributed by atoms with Crippen molar-refractivity contribution in [1.82, 2.24) is 20.0 Å². The summed E-state index contributed by atoms with van der Waals surface area (Å²) in [5, 5.41) is 7.11. The number of rotatable bonds is 4. The average Bonchev–Trinajstić information content (AvgIpc) is 3.45. The number of H-pyrrole nitrogens is 1. The van der Waals surface area contributed by atoms with Gasteiger partial charge in [-0.2, -0.15) is 5.10 Å². The van der Waals surface area contributed by atoms with Gasteiger partial charge in [0, 0.05) is 24.7 Å². The van der Waals surface area contributed by atoms with Gasteiger partial charge in [0.15, 0.2) is 0 Å². The first-order chi connectivity index (χ1) is 15.6. The minimum atomic E-state index is -0.285. The van der Waals surface area contributed by atoms with Crippen molar-refractivity contribution >= 4 is 23.5 Å². The van der Waals surface area contributed by atoms with Crippen LogP contribution in [0.5, 0.6) is 0 Å². The predicted molar refractivity (Wildman–Crippen MR) is 119 cm³/mol. The first-order valence-corrected chi connectivity index (χ1v) is 10.7. The fourth-order valence-corrected chi connectivity index (χ4v) is 4.38. The molecule has 5 rings (SSSR count). The Hall–Kier alpha value is -3.94. The van der Waals surface area contributed by atoms with Crippen LogP contribution in [0, 0.1) is 0 Å². The van der Waals surface area contributed by atoms with Gasteiger partial charge in [0.2, 0.25) is 0 Å². The summed E-state index contributed by atoms with van der Waals surface area (Å²) in [5.41, 5.74) is 2.71. The Bertz CT molecular complexity index is 1140. The Morgan fingerprint density at radius 2 is 1.59 bits per heavy atom. The van der Waals surface area contributed by atoms with Crippen LogP contribution in [-0.4, -0.2) is 63.5 Å². The summed E-state index contributed by atoms with van der Waals surface area (Å²) in [6, 6.07) is 20.1. The molecule has 0 radical (unpaired) electrons. The molecule has 2 saturated heterocycles. The third-order valence-electron chi connectivity index (χ3n) is 6.08. The summed E-state index contributed by atoms with van der Waals surface area (Å²) in [6.45, 7) is 1.12. The summed E-state index contributed by atoms with van der Waals surface area (Å²) in [7, 11) is 0. The molecular weight excluding hydrogens is 406 g/mol. The molecule has 0 atom stereocenters. The normalized spacial score (nSPS) is 17.3. The number of hydrogen-bond donors (Lipinski definition) is 1. The van der Waals surface area contributed by atoms with Gasteiger partial charge >= 0.3 is 6.03 Å². The van der Waals surface area contributed by atoms with Gasteiger partial charge in [-0.15, -0.1) is 0 Å². The number of carbonyl (C=O) groups excluding carboxylic acids is 3. The fraction of sp³-hybridized carbons (Fsp3) is 0.250. The molecule has 0 unspecified atom stereocenters. The van der Waals surface area contributed by atoms with E-state index in [1.54, 1.807) is 40.1 Å². The van der Waals surface area contributed by atoms with Gasteiger partial charge in [0.25, 0.3) is 11.8 Å². The standard InChI is InChI=1S/C24H23N5O3/c30-22-16-28(24(32)29(22)19-9-5-2-6-10-19)18-11-13-27(14-12-18)23(31)21-15-20(25-26-21)17-7-3-1-4-8-17/h1-10,15,18H,11-14,16H2,(H,25,26). The summed E-state index contributed by atoms with van der Waals surface area (Å²) < 4.78 is 0. The molecule has 1 N–H and O–H groups in total. The van der Waals surface area contributed by atoms with Gasteiger partial charge in [-0.3, -0.25) is 14.7 Å². The first-order valence-electron chi connectivity index (χ1n) is 10.7. The molecule has 2 aliphatic heterocycles. The van der Waals surface area contributed by atoms with Crippen LogP contribution in [0.1, 0.15) is 23.3 Å². The molecule has 8 heteroatoms. The Morgan fingerprint density at radius 3 is 2.28 bits per heavy atom. The van der Waals surface area contributed by atoms with Crippen LogP contribution in [-0.2, 0) is 4.79 Å². The van der Waals surface area contributed by atoms with Crippen molar-refractivity contribution in [3.05, 3.63) is 72.4 Å². The zero-order valence-corrected chi connectivity index (χ0v) is 17.5. The number of nitrogens with one attached hydrogen (secondary N) is 1. The van der Waals surface area contributed by atoms with E-state index in [0.29, 0.717) is 37.3 Å². The molecule has 0 bridgehead atoms. The number of carbonyl (C=O) groups is 3. The summed E-state index contributed by atoms with van der Waals surface area (Å²) in [6.07, 6.45) is 1.26. The number of likely N-dealkylation sites (tertiary alicyclic amines) is 1. The SMILES string of the molecule is O=C(c1cc(-c2ccccc2)n[nH]1)N1CCC(N2CC(=O)N(c3ccccc3)C2=O)CC1. The second kappa shape index (κ2) is 8.30. The highest BCUT2D eigenvalue weighted by molar-refractivity contribution is 6.19. The molecular formula is C24H23N5O3. The van der Waals surface area contributed by atoms with Crippen LogP contribution in [0.2, 0.25) is 0 Å². The monoisotopic (exact) mass is 429 g/mol.